The number of aliphatic imine (C=N–C) groups is 2. The maximum Gasteiger partial charge on any atom is 0.255 e. The zero-order valence-electron chi connectivity index (χ0n) is 34.6. The van der Waals surface area contributed by atoms with Gasteiger partial charge in [0.15, 0.2) is 11.9 Å². The molecule has 0 radical (unpaired) electrons. The van der Waals surface area contributed by atoms with E-state index >= 15 is 0 Å². The van der Waals surface area contributed by atoms with Gasteiger partial charge in [0.05, 0.1) is 49.6 Å². The number of ether oxygens (including phenoxy) is 4. The number of carbonyl (C=O) groups excluding carboxylic acids is 4. The molecule has 0 unspecified atom stereocenters. The van der Waals surface area contributed by atoms with Crippen molar-refractivity contribution in [1.29, 1.82) is 0 Å². The third-order valence-electron chi connectivity index (χ3n) is 10.1. The summed E-state index contributed by atoms with van der Waals surface area (Å²) in [6, 6.07) is 5.61. The Morgan fingerprint density at radius 3 is 1.39 bits per heavy atom. The van der Waals surface area contributed by atoms with E-state index in [1.807, 2.05) is 19.0 Å². The second-order valence-corrected chi connectivity index (χ2v) is 14.8. The van der Waals surface area contributed by atoms with Crippen LogP contribution in [0, 0.1) is 0 Å². The molecule has 2 saturated carbocycles. The molecule has 0 spiro atoms. The highest BCUT2D eigenvalue weighted by molar-refractivity contribution is 6.04. The van der Waals surface area contributed by atoms with Crippen molar-refractivity contribution in [3.8, 4) is 23.0 Å². The smallest absolute Gasteiger partial charge is 0.255 e. The van der Waals surface area contributed by atoms with Crippen LogP contribution < -0.4 is 63.1 Å². The summed E-state index contributed by atoms with van der Waals surface area (Å²) in [5, 5.41) is 12.1. The summed E-state index contributed by atoms with van der Waals surface area (Å²) in [7, 11) is 6.70. The molecule has 59 heavy (non-hydrogen) atoms. The molecule has 19 heteroatoms. The molecule has 0 atom stereocenters. The molecule has 0 bridgehead atoms. The van der Waals surface area contributed by atoms with Gasteiger partial charge in [0.1, 0.15) is 36.2 Å². The molecule has 0 aromatic heterocycles. The molecular formula is C40H61N11O8. The number of nitrogens with two attached hydrogens (primary N) is 4. The first-order valence-corrected chi connectivity index (χ1v) is 20.0. The fraction of sp³-hybridized carbons (Fsp3) is 0.550. The van der Waals surface area contributed by atoms with Crippen molar-refractivity contribution >= 4 is 35.5 Å². The van der Waals surface area contributed by atoms with Crippen LogP contribution in [0.3, 0.4) is 0 Å². The molecule has 2 aromatic rings. The largest absolute Gasteiger partial charge is 0.496 e. The third kappa shape index (κ3) is 14.1. The molecule has 2 fully saturated rings. The number of nitrogens with zero attached hydrogens (tertiary/aromatic N) is 3. The van der Waals surface area contributed by atoms with Crippen LogP contribution in [0.15, 0.2) is 34.3 Å². The summed E-state index contributed by atoms with van der Waals surface area (Å²) in [4.78, 5) is 64.3. The molecular weight excluding hydrogens is 763 g/mol. The zero-order valence-corrected chi connectivity index (χ0v) is 34.6. The van der Waals surface area contributed by atoms with Crippen LogP contribution in [0.1, 0.15) is 99.2 Å². The Morgan fingerprint density at radius 2 is 0.983 bits per heavy atom. The van der Waals surface area contributed by atoms with Crippen LogP contribution >= 0.6 is 0 Å². The highest BCUT2D eigenvalue weighted by Gasteiger charge is 2.29. The molecule has 2 aromatic carbocycles. The Balaban J connectivity index is 1.48. The van der Waals surface area contributed by atoms with Gasteiger partial charge < -0.3 is 68.0 Å². The van der Waals surface area contributed by atoms with Gasteiger partial charge in [0.25, 0.3) is 23.6 Å². The van der Waals surface area contributed by atoms with Gasteiger partial charge in [0.2, 0.25) is 0 Å². The van der Waals surface area contributed by atoms with Gasteiger partial charge in [-0.2, -0.15) is 0 Å². The molecule has 2 aliphatic rings. The molecule has 0 saturated heterocycles. The maximum absolute atomic E-state index is 14.0. The Morgan fingerprint density at radius 1 is 0.593 bits per heavy atom. The predicted molar refractivity (Wildman–Crippen MR) is 225 cm³/mol. The number of methoxy groups -OCH3 is 2. The normalized spacial score (nSPS) is 16.6. The summed E-state index contributed by atoms with van der Waals surface area (Å²) in [6.45, 7) is 1.24. The lowest BCUT2D eigenvalue weighted by molar-refractivity contribution is 0.0886. The van der Waals surface area contributed by atoms with Crippen molar-refractivity contribution in [3.63, 3.8) is 0 Å². The lowest BCUT2D eigenvalue weighted by Crippen LogP contribution is -2.44. The lowest BCUT2D eigenvalue weighted by Gasteiger charge is -2.30. The molecule has 4 amide bonds. The first kappa shape index (κ1) is 45.7. The van der Waals surface area contributed by atoms with Gasteiger partial charge in [0, 0.05) is 43.3 Å². The van der Waals surface area contributed by atoms with Crippen LogP contribution in [0.2, 0.25) is 0 Å². The first-order chi connectivity index (χ1) is 28.3. The fourth-order valence-electron chi connectivity index (χ4n) is 6.98. The number of amides is 4. The Kier molecular flexibility index (Phi) is 17.7. The highest BCUT2D eigenvalue weighted by atomic mass is 16.5. The monoisotopic (exact) mass is 823 g/mol. The SMILES string of the molecule is COc1cc(OC)c(C(=O)NC2CCC(NC(=O)c3cc(C(=O)NCCN(C)C)c(OCCN=C(N)N)cc3OCCN=C(N)N)CC2)cc1C(=O)NC1CCCCC1. The predicted octanol–water partition coefficient (Wildman–Crippen LogP) is 0.833. The van der Waals surface area contributed by atoms with E-state index in [0.717, 1.165) is 32.1 Å². The van der Waals surface area contributed by atoms with E-state index in [-0.39, 0.29) is 108 Å². The molecule has 0 aliphatic heterocycles. The lowest BCUT2D eigenvalue weighted by atomic mass is 9.90. The summed E-state index contributed by atoms with van der Waals surface area (Å²) in [5.41, 5.74) is 22.6. The zero-order chi connectivity index (χ0) is 42.9. The fourth-order valence-corrected chi connectivity index (χ4v) is 6.98. The Bertz CT molecular complexity index is 1820. The van der Waals surface area contributed by atoms with Crippen LogP contribution in [0.5, 0.6) is 23.0 Å². The Hall–Kier alpha value is -5.98. The molecule has 0 heterocycles. The van der Waals surface area contributed by atoms with E-state index in [4.69, 9.17) is 41.9 Å². The average Bonchev–Trinajstić information content (AvgIpc) is 3.21. The van der Waals surface area contributed by atoms with Gasteiger partial charge >= 0.3 is 0 Å². The summed E-state index contributed by atoms with van der Waals surface area (Å²) in [5.74, 6) is -0.925. The second-order valence-electron chi connectivity index (χ2n) is 14.8. The number of hydrogen-bond acceptors (Lipinski definition) is 11. The number of rotatable bonds is 20. The van der Waals surface area contributed by atoms with Gasteiger partial charge in [-0.1, -0.05) is 19.3 Å². The number of benzene rings is 2. The van der Waals surface area contributed by atoms with Gasteiger partial charge in [-0.3, -0.25) is 29.2 Å². The van der Waals surface area contributed by atoms with Crippen LogP contribution in [0.25, 0.3) is 0 Å². The van der Waals surface area contributed by atoms with E-state index in [2.05, 4.69) is 31.3 Å². The summed E-state index contributed by atoms with van der Waals surface area (Å²) >= 11 is 0. The third-order valence-corrected chi connectivity index (χ3v) is 10.1. The first-order valence-electron chi connectivity index (χ1n) is 20.0. The average molecular weight is 824 g/mol. The topological polar surface area (TPSA) is 285 Å². The van der Waals surface area contributed by atoms with E-state index in [9.17, 15) is 19.2 Å². The van der Waals surface area contributed by atoms with Crippen LogP contribution in [0.4, 0.5) is 0 Å². The van der Waals surface area contributed by atoms with Crippen molar-refractivity contribution in [2.24, 2.45) is 32.9 Å². The van der Waals surface area contributed by atoms with Gasteiger partial charge in [-0.25, -0.2) is 0 Å². The minimum Gasteiger partial charge on any atom is -0.496 e. The van der Waals surface area contributed by atoms with E-state index in [0.29, 0.717) is 44.5 Å². The van der Waals surface area contributed by atoms with Gasteiger partial charge in [-0.15, -0.1) is 0 Å². The maximum atomic E-state index is 14.0. The molecule has 12 N–H and O–H groups in total. The number of carbonyl (C=O) groups is 4. The molecule has 4 rings (SSSR count). The number of likely N-dealkylation sites (N-methyl/N-ethyl adjacent to an activating group) is 1. The van der Waals surface area contributed by atoms with Crippen molar-refractivity contribution in [2.75, 3.05) is 67.7 Å². The van der Waals surface area contributed by atoms with Crippen molar-refractivity contribution in [2.45, 2.75) is 75.9 Å². The quantitative estimate of drug-likeness (QED) is 0.0523. The van der Waals surface area contributed by atoms with E-state index < -0.39 is 11.8 Å². The number of nitrogens with one attached hydrogen (secondary N) is 4. The van der Waals surface area contributed by atoms with Crippen molar-refractivity contribution < 1.29 is 38.1 Å². The summed E-state index contributed by atoms with van der Waals surface area (Å²) in [6.07, 6.45) is 7.33. The van der Waals surface area contributed by atoms with Crippen molar-refractivity contribution in [3.05, 3.63) is 46.5 Å². The number of guanidine groups is 2. The second kappa shape index (κ2) is 22.8. The van der Waals surface area contributed by atoms with Gasteiger partial charge in [-0.05, 0) is 64.8 Å². The Labute approximate surface area is 345 Å². The van der Waals surface area contributed by atoms with Crippen LogP contribution in [-0.2, 0) is 0 Å². The van der Waals surface area contributed by atoms with E-state index in [1.54, 1.807) is 6.07 Å². The summed E-state index contributed by atoms with van der Waals surface area (Å²) < 4.78 is 22.9. The molecule has 19 nitrogen and oxygen atoms in total. The minimum atomic E-state index is -0.467. The molecule has 2 aliphatic carbocycles. The highest BCUT2D eigenvalue weighted by Crippen LogP contribution is 2.32. The van der Waals surface area contributed by atoms with E-state index in [1.165, 1.54) is 32.4 Å². The van der Waals surface area contributed by atoms with Crippen LogP contribution in [-0.4, -0.2) is 126 Å². The molecule has 324 valence electrons. The number of hydrogen-bond donors (Lipinski definition) is 8. The minimum absolute atomic E-state index is 0.0243. The standard InChI is InChI=1S/C40H61N11O8/c1-51(2)17-14-45-35(52)29-21-30(34(59-19-16-47-40(43)44)23-33(29)58-18-15-46-39(41)42)38(55)50-26-12-10-25(11-13-26)49-37(54)28-20-27(31(56-3)22-32(28)57-4)36(53)48-24-8-6-5-7-9-24/h20-26H,5-19H2,1-4H3,(H,45,52)(H,48,53)(H,49,54)(H,50,55)(H4,41,42,46)(H4,43,44,47). The van der Waals surface area contributed by atoms with Crippen molar-refractivity contribution in [1.82, 2.24) is 26.2 Å².